The summed E-state index contributed by atoms with van der Waals surface area (Å²) in [6.45, 7) is 3.51. The smallest absolute Gasteiger partial charge is 0.311 e. The van der Waals surface area contributed by atoms with Crippen LogP contribution in [0.15, 0.2) is 24.8 Å². The van der Waals surface area contributed by atoms with Gasteiger partial charge in [-0.2, -0.15) is 0 Å². The van der Waals surface area contributed by atoms with Crippen molar-refractivity contribution < 1.29 is 9.53 Å². The molecule has 0 atom stereocenters. The Morgan fingerprint density at radius 1 is 1.31 bits per heavy atom. The summed E-state index contributed by atoms with van der Waals surface area (Å²) in [5.74, 6) is -0.271. The second kappa shape index (κ2) is 6.14. The molecule has 16 heavy (non-hydrogen) atoms. The Labute approximate surface area is 109 Å². The van der Waals surface area contributed by atoms with Gasteiger partial charge in [0.2, 0.25) is 0 Å². The van der Waals surface area contributed by atoms with Crippen LogP contribution in [-0.2, 0) is 4.79 Å². The van der Waals surface area contributed by atoms with Crippen LogP contribution in [0.5, 0.6) is 5.75 Å². The lowest BCUT2D eigenvalue weighted by Gasteiger charge is -2.07. The summed E-state index contributed by atoms with van der Waals surface area (Å²) in [5.41, 5.74) is 0. The molecule has 0 aliphatic rings. The normalized spacial score (nSPS) is 9.94. The van der Waals surface area contributed by atoms with Crippen molar-refractivity contribution in [1.82, 2.24) is 0 Å². The molecule has 0 unspecified atom stereocenters. The van der Waals surface area contributed by atoms with Crippen molar-refractivity contribution in [2.45, 2.75) is 12.8 Å². The van der Waals surface area contributed by atoms with Crippen LogP contribution in [0, 0.1) is 0 Å². The molecule has 86 valence electrons. The molecule has 0 aliphatic carbocycles. The lowest BCUT2D eigenvalue weighted by atomic mass is 10.3. The maximum Gasteiger partial charge on any atom is 0.311 e. The van der Waals surface area contributed by atoms with E-state index in [9.17, 15) is 4.79 Å². The molecule has 0 N–H and O–H groups in total. The Balaban J connectivity index is 2.81. The highest BCUT2D eigenvalue weighted by Gasteiger charge is 2.12. The average molecular weight is 280 g/mol. The summed E-state index contributed by atoms with van der Waals surface area (Å²) in [6.07, 6.45) is 2.41. The molecular formula is C11H9Cl3O2. The zero-order chi connectivity index (χ0) is 12.1. The van der Waals surface area contributed by atoms with Crippen molar-refractivity contribution in [3.8, 4) is 5.75 Å². The number of carbonyl (C=O) groups excluding carboxylic acids is 1. The zero-order valence-corrected chi connectivity index (χ0v) is 10.6. The molecule has 0 heterocycles. The summed E-state index contributed by atoms with van der Waals surface area (Å²) < 4.78 is 5.02. The monoisotopic (exact) mass is 278 g/mol. The Morgan fingerprint density at radius 3 is 2.38 bits per heavy atom. The Kier molecular flexibility index (Phi) is 5.13. The maximum atomic E-state index is 11.3. The molecule has 2 nitrogen and oxygen atoms in total. The minimum Gasteiger partial charge on any atom is -0.423 e. The van der Waals surface area contributed by atoms with Gasteiger partial charge in [0.25, 0.3) is 0 Å². The van der Waals surface area contributed by atoms with E-state index in [4.69, 9.17) is 39.5 Å². The highest BCUT2D eigenvalue weighted by Crippen LogP contribution is 2.35. The third kappa shape index (κ3) is 3.71. The molecule has 0 aromatic heterocycles. The fraction of sp³-hybridized carbons (Fsp3) is 0.182. The molecule has 0 fully saturated rings. The fourth-order valence-corrected chi connectivity index (χ4v) is 1.91. The van der Waals surface area contributed by atoms with Crippen molar-refractivity contribution in [3.05, 3.63) is 39.9 Å². The molecule has 0 saturated heterocycles. The minimum absolute atomic E-state index is 0.141. The number of carbonyl (C=O) groups is 1. The van der Waals surface area contributed by atoms with E-state index >= 15 is 0 Å². The van der Waals surface area contributed by atoms with Gasteiger partial charge in [-0.3, -0.25) is 4.79 Å². The molecule has 0 spiro atoms. The van der Waals surface area contributed by atoms with Crippen LogP contribution in [0.3, 0.4) is 0 Å². The first kappa shape index (κ1) is 13.4. The second-order valence-electron chi connectivity index (χ2n) is 3.00. The third-order valence-corrected chi connectivity index (χ3v) is 2.51. The molecule has 0 aliphatic heterocycles. The predicted molar refractivity (Wildman–Crippen MR) is 66.5 cm³/mol. The van der Waals surface area contributed by atoms with E-state index in [-0.39, 0.29) is 22.2 Å². The molecule has 5 heteroatoms. The van der Waals surface area contributed by atoms with Gasteiger partial charge in [-0.15, -0.1) is 6.58 Å². The van der Waals surface area contributed by atoms with Crippen molar-refractivity contribution >= 4 is 40.8 Å². The lowest BCUT2D eigenvalue weighted by Crippen LogP contribution is -2.07. The minimum atomic E-state index is -0.411. The van der Waals surface area contributed by atoms with Crippen LogP contribution in [0.4, 0.5) is 0 Å². The quantitative estimate of drug-likeness (QED) is 0.460. The van der Waals surface area contributed by atoms with Crippen LogP contribution in [0.1, 0.15) is 12.8 Å². The maximum absolute atomic E-state index is 11.3. The number of esters is 1. The number of hydrogen-bond acceptors (Lipinski definition) is 2. The molecular weight excluding hydrogens is 270 g/mol. The first-order valence-electron chi connectivity index (χ1n) is 4.50. The van der Waals surface area contributed by atoms with Crippen LogP contribution in [0.2, 0.25) is 15.1 Å². The number of ether oxygens (including phenoxy) is 1. The second-order valence-corrected chi connectivity index (χ2v) is 4.25. The van der Waals surface area contributed by atoms with Gasteiger partial charge in [-0.1, -0.05) is 40.9 Å². The molecule has 1 aromatic rings. The summed E-state index contributed by atoms with van der Waals surface area (Å²) >= 11 is 17.4. The van der Waals surface area contributed by atoms with E-state index in [0.29, 0.717) is 11.4 Å². The van der Waals surface area contributed by atoms with Gasteiger partial charge >= 0.3 is 5.97 Å². The van der Waals surface area contributed by atoms with Gasteiger partial charge in [0, 0.05) is 11.4 Å². The van der Waals surface area contributed by atoms with Crippen LogP contribution < -0.4 is 4.74 Å². The van der Waals surface area contributed by atoms with Crippen LogP contribution in [-0.4, -0.2) is 5.97 Å². The zero-order valence-electron chi connectivity index (χ0n) is 8.30. The fourth-order valence-electron chi connectivity index (χ4n) is 1.01. The molecule has 1 aromatic carbocycles. The number of rotatable bonds is 4. The number of allylic oxidation sites excluding steroid dienone is 1. The van der Waals surface area contributed by atoms with Gasteiger partial charge < -0.3 is 4.74 Å². The number of benzene rings is 1. The van der Waals surface area contributed by atoms with E-state index in [1.165, 1.54) is 12.1 Å². The Hall–Kier alpha value is -0.700. The lowest BCUT2D eigenvalue weighted by molar-refractivity contribution is -0.134. The first-order chi connectivity index (χ1) is 7.54. The standard InChI is InChI=1S/C11H9Cl3O2/c1-2-3-4-10(15)16-11-8(13)5-7(12)6-9(11)14/h2,5-6H,1,3-4H2. The van der Waals surface area contributed by atoms with Crippen LogP contribution >= 0.6 is 34.8 Å². The van der Waals surface area contributed by atoms with Crippen molar-refractivity contribution in [3.63, 3.8) is 0 Å². The molecule has 0 saturated carbocycles. The highest BCUT2D eigenvalue weighted by atomic mass is 35.5. The van der Waals surface area contributed by atoms with Gasteiger partial charge in [0.05, 0.1) is 10.0 Å². The molecule has 1 rings (SSSR count). The van der Waals surface area contributed by atoms with Crippen LogP contribution in [0.25, 0.3) is 0 Å². The van der Waals surface area contributed by atoms with Gasteiger partial charge in [0.1, 0.15) is 0 Å². The van der Waals surface area contributed by atoms with E-state index in [1.807, 2.05) is 0 Å². The van der Waals surface area contributed by atoms with E-state index < -0.39 is 5.97 Å². The summed E-state index contributed by atoms with van der Waals surface area (Å²) in [5, 5.41) is 0.815. The van der Waals surface area contributed by atoms with Gasteiger partial charge in [-0.05, 0) is 18.6 Å². The Bertz CT molecular complexity index is 393. The third-order valence-electron chi connectivity index (χ3n) is 1.73. The predicted octanol–water partition coefficient (Wildman–Crippen LogP) is 4.52. The van der Waals surface area contributed by atoms with Crippen molar-refractivity contribution in [1.29, 1.82) is 0 Å². The first-order valence-corrected chi connectivity index (χ1v) is 5.64. The molecule has 0 bridgehead atoms. The van der Waals surface area contributed by atoms with E-state index in [0.717, 1.165) is 0 Å². The average Bonchev–Trinajstić information content (AvgIpc) is 2.20. The summed E-state index contributed by atoms with van der Waals surface area (Å²) in [7, 11) is 0. The SMILES string of the molecule is C=CCCC(=O)Oc1c(Cl)cc(Cl)cc1Cl. The molecule has 0 amide bonds. The number of halogens is 3. The van der Waals surface area contributed by atoms with E-state index in [1.54, 1.807) is 6.08 Å². The topological polar surface area (TPSA) is 26.3 Å². The summed E-state index contributed by atoms with van der Waals surface area (Å²) in [6, 6.07) is 2.93. The highest BCUT2D eigenvalue weighted by molar-refractivity contribution is 6.40. The van der Waals surface area contributed by atoms with Crippen molar-refractivity contribution in [2.24, 2.45) is 0 Å². The number of hydrogen-bond donors (Lipinski definition) is 0. The molecule has 0 radical (unpaired) electrons. The van der Waals surface area contributed by atoms with Gasteiger partial charge in [0.15, 0.2) is 5.75 Å². The summed E-state index contributed by atoms with van der Waals surface area (Å²) in [4.78, 5) is 11.3. The largest absolute Gasteiger partial charge is 0.423 e. The van der Waals surface area contributed by atoms with E-state index in [2.05, 4.69) is 6.58 Å². The van der Waals surface area contributed by atoms with Crippen molar-refractivity contribution in [2.75, 3.05) is 0 Å². The van der Waals surface area contributed by atoms with Gasteiger partial charge in [-0.25, -0.2) is 0 Å². The Morgan fingerprint density at radius 2 is 1.88 bits per heavy atom.